The number of nitrogens with zero attached hydrogens (tertiary/aromatic N) is 8. The van der Waals surface area contributed by atoms with Gasteiger partial charge in [-0.1, -0.05) is 11.3 Å². The van der Waals surface area contributed by atoms with Gasteiger partial charge in [-0.15, -0.1) is 0 Å². The molecule has 2 aliphatic rings. The smallest absolute Gasteiger partial charge is 0.341 e. The van der Waals surface area contributed by atoms with Crippen molar-refractivity contribution in [2.24, 2.45) is 12.1 Å². The van der Waals surface area contributed by atoms with Crippen molar-refractivity contribution < 1.29 is 13.9 Å². The monoisotopic (exact) mass is 466 g/mol. The topological polar surface area (TPSA) is 113 Å². The van der Waals surface area contributed by atoms with Crippen LogP contribution >= 0.6 is 11.3 Å². The molecule has 33 heavy (non-hydrogen) atoms. The summed E-state index contributed by atoms with van der Waals surface area (Å²) >= 11 is 1.17. The molecule has 2 amide bonds. The van der Waals surface area contributed by atoms with E-state index in [-0.39, 0.29) is 18.2 Å². The standard InChI is InChI=1S/C21H19FN8O2S/c1-12-7-26-28(2)19(12)18-17(6-23)33-20(27-18)32-15-10-29(11-15)21(31)30-16(3-4-25-30)13-5-14(22)9-24-8-13/h4-5,7-9,15-16H,3,10-11H2,1-2H3. The van der Waals surface area contributed by atoms with Gasteiger partial charge in [0.2, 0.25) is 0 Å². The van der Waals surface area contributed by atoms with E-state index >= 15 is 0 Å². The molecule has 0 bridgehead atoms. The van der Waals surface area contributed by atoms with E-state index in [2.05, 4.69) is 26.2 Å². The normalized spacial score (nSPS) is 17.8. The van der Waals surface area contributed by atoms with Crippen LogP contribution in [-0.4, -0.2) is 61.1 Å². The van der Waals surface area contributed by atoms with E-state index in [0.717, 1.165) is 17.5 Å². The largest absolute Gasteiger partial charge is 0.463 e. The zero-order valence-corrected chi connectivity index (χ0v) is 18.7. The Morgan fingerprint density at radius 3 is 2.85 bits per heavy atom. The number of amides is 2. The number of urea groups is 1. The summed E-state index contributed by atoms with van der Waals surface area (Å²) in [5.41, 5.74) is 2.83. The second kappa shape index (κ2) is 8.25. The van der Waals surface area contributed by atoms with E-state index in [1.54, 1.807) is 35.2 Å². The third-order valence-corrected chi connectivity index (χ3v) is 6.43. The minimum absolute atomic E-state index is 0.243. The first-order valence-electron chi connectivity index (χ1n) is 10.2. The van der Waals surface area contributed by atoms with Gasteiger partial charge in [0.1, 0.15) is 28.6 Å². The molecule has 12 heteroatoms. The molecule has 1 fully saturated rings. The summed E-state index contributed by atoms with van der Waals surface area (Å²) in [6.07, 6.45) is 6.29. The number of nitriles is 1. The number of hydrogen-bond donors (Lipinski definition) is 0. The van der Waals surface area contributed by atoms with Gasteiger partial charge in [0.25, 0.3) is 5.19 Å². The van der Waals surface area contributed by atoms with Gasteiger partial charge in [0.15, 0.2) is 0 Å². The third kappa shape index (κ3) is 3.80. The molecule has 3 aromatic heterocycles. The van der Waals surface area contributed by atoms with Crippen molar-refractivity contribution in [2.75, 3.05) is 13.1 Å². The Morgan fingerprint density at radius 1 is 1.33 bits per heavy atom. The van der Waals surface area contributed by atoms with Crippen molar-refractivity contribution in [3.05, 3.63) is 46.5 Å². The molecular weight excluding hydrogens is 447 g/mol. The highest BCUT2D eigenvalue weighted by atomic mass is 32.1. The fraction of sp³-hybridized carbons (Fsp3) is 0.333. The SMILES string of the molecule is Cc1cnn(C)c1-c1nc(OC2CN(C(=O)N3N=CCC3c3cncc(F)c3)C2)sc1C#N. The molecular formula is C21H19FN8O2S. The van der Waals surface area contributed by atoms with Crippen LogP contribution in [0.5, 0.6) is 5.19 Å². The lowest BCUT2D eigenvalue weighted by Crippen LogP contribution is -2.58. The molecule has 0 N–H and O–H groups in total. The van der Waals surface area contributed by atoms with Gasteiger partial charge in [0, 0.05) is 25.9 Å². The highest BCUT2D eigenvalue weighted by Gasteiger charge is 2.39. The quantitative estimate of drug-likeness (QED) is 0.584. The van der Waals surface area contributed by atoms with Gasteiger partial charge in [0.05, 0.1) is 37.2 Å². The number of aryl methyl sites for hydroxylation is 2. The lowest BCUT2D eigenvalue weighted by Gasteiger charge is -2.40. The van der Waals surface area contributed by atoms with E-state index in [0.29, 0.717) is 40.8 Å². The maximum atomic E-state index is 13.6. The third-order valence-electron chi connectivity index (χ3n) is 5.58. The Labute approximate surface area is 192 Å². The predicted octanol–water partition coefficient (Wildman–Crippen LogP) is 2.87. The van der Waals surface area contributed by atoms with Crippen LogP contribution in [0.1, 0.15) is 28.5 Å². The summed E-state index contributed by atoms with van der Waals surface area (Å²) in [6.45, 7) is 2.63. The van der Waals surface area contributed by atoms with E-state index in [4.69, 9.17) is 4.74 Å². The highest BCUT2D eigenvalue weighted by Crippen LogP contribution is 2.35. The summed E-state index contributed by atoms with van der Waals surface area (Å²) in [6, 6.07) is 2.88. The summed E-state index contributed by atoms with van der Waals surface area (Å²) in [4.78, 5) is 23.4. The summed E-state index contributed by atoms with van der Waals surface area (Å²) < 4.78 is 21.2. The number of carbonyl (C=O) groups excluding carboxylic acids is 1. The average molecular weight is 467 g/mol. The van der Waals surface area contributed by atoms with E-state index in [1.165, 1.54) is 22.4 Å². The molecule has 10 nitrogen and oxygen atoms in total. The second-order valence-electron chi connectivity index (χ2n) is 7.83. The lowest BCUT2D eigenvalue weighted by molar-refractivity contribution is 0.0276. The van der Waals surface area contributed by atoms with Crippen molar-refractivity contribution in [2.45, 2.75) is 25.5 Å². The van der Waals surface area contributed by atoms with Crippen molar-refractivity contribution in [3.8, 4) is 22.7 Å². The first kappa shape index (κ1) is 21.0. The molecule has 0 saturated carbocycles. The molecule has 0 radical (unpaired) electrons. The van der Waals surface area contributed by atoms with Crippen LogP contribution in [-0.2, 0) is 7.05 Å². The van der Waals surface area contributed by atoms with Gasteiger partial charge in [-0.05, 0) is 24.1 Å². The predicted molar refractivity (Wildman–Crippen MR) is 117 cm³/mol. The molecule has 0 spiro atoms. The van der Waals surface area contributed by atoms with E-state index < -0.39 is 5.82 Å². The van der Waals surface area contributed by atoms with Crippen LogP contribution in [0.3, 0.4) is 0 Å². The molecule has 3 aromatic rings. The Hall–Kier alpha value is -3.85. The van der Waals surface area contributed by atoms with Gasteiger partial charge in [-0.3, -0.25) is 9.67 Å². The highest BCUT2D eigenvalue weighted by molar-refractivity contribution is 7.14. The first-order valence-corrected chi connectivity index (χ1v) is 11.0. The van der Waals surface area contributed by atoms with Crippen molar-refractivity contribution in [1.29, 1.82) is 5.26 Å². The van der Waals surface area contributed by atoms with Crippen LogP contribution in [0.4, 0.5) is 9.18 Å². The van der Waals surface area contributed by atoms with Gasteiger partial charge >= 0.3 is 6.03 Å². The van der Waals surface area contributed by atoms with Crippen molar-refractivity contribution in [3.63, 3.8) is 0 Å². The van der Waals surface area contributed by atoms with Crippen molar-refractivity contribution in [1.82, 2.24) is 29.7 Å². The summed E-state index contributed by atoms with van der Waals surface area (Å²) in [5.74, 6) is -0.454. The zero-order chi connectivity index (χ0) is 23.1. The Balaban J connectivity index is 1.24. The minimum atomic E-state index is -0.454. The van der Waals surface area contributed by atoms with Crippen LogP contribution in [0.2, 0.25) is 0 Å². The van der Waals surface area contributed by atoms with Crippen LogP contribution < -0.4 is 4.74 Å². The number of hydrogen-bond acceptors (Lipinski definition) is 8. The first-order chi connectivity index (χ1) is 15.9. The maximum absolute atomic E-state index is 13.6. The maximum Gasteiger partial charge on any atom is 0.341 e. The zero-order valence-electron chi connectivity index (χ0n) is 17.8. The van der Waals surface area contributed by atoms with Crippen LogP contribution in [0.15, 0.2) is 29.8 Å². The molecule has 5 rings (SSSR count). The molecule has 1 saturated heterocycles. The minimum Gasteiger partial charge on any atom is -0.463 e. The Bertz CT molecular complexity index is 1270. The second-order valence-corrected chi connectivity index (χ2v) is 8.79. The number of halogens is 1. The molecule has 0 aliphatic carbocycles. The molecule has 0 aromatic carbocycles. The van der Waals surface area contributed by atoms with E-state index in [1.807, 2.05) is 6.92 Å². The Morgan fingerprint density at radius 2 is 2.15 bits per heavy atom. The number of pyridine rings is 1. The lowest BCUT2D eigenvalue weighted by atomic mass is 10.1. The molecule has 5 heterocycles. The van der Waals surface area contributed by atoms with Crippen molar-refractivity contribution >= 4 is 23.6 Å². The number of hydrazone groups is 1. The van der Waals surface area contributed by atoms with Crippen LogP contribution in [0, 0.1) is 24.1 Å². The summed E-state index contributed by atoms with van der Waals surface area (Å²) in [7, 11) is 1.80. The number of ether oxygens (including phenoxy) is 1. The number of likely N-dealkylation sites (tertiary alicyclic amines) is 1. The molecule has 168 valence electrons. The van der Waals surface area contributed by atoms with Gasteiger partial charge < -0.3 is 9.64 Å². The average Bonchev–Trinajstić information content (AvgIpc) is 3.48. The van der Waals surface area contributed by atoms with Gasteiger partial charge in [-0.2, -0.15) is 20.4 Å². The number of thiazole rings is 1. The van der Waals surface area contributed by atoms with Crippen LogP contribution in [0.25, 0.3) is 11.4 Å². The fourth-order valence-corrected chi connectivity index (χ4v) is 4.70. The number of carbonyl (C=O) groups is 1. The number of aromatic nitrogens is 4. The Kier molecular flexibility index (Phi) is 5.26. The number of rotatable bonds is 4. The summed E-state index contributed by atoms with van der Waals surface area (Å²) in [5, 5.41) is 19.6. The molecule has 1 atom stereocenters. The molecule has 2 aliphatic heterocycles. The van der Waals surface area contributed by atoms with Gasteiger partial charge in [-0.25, -0.2) is 14.2 Å². The van der Waals surface area contributed by atoms with E-state index in [9.17, 15) is 14.4 Å². The molecule has 1 unspecified atom stereocenters. The fourth-order valence-electron chi connectivity index (χ4n) is 3.92.